The van der Waals surface area contributed by atoms with Crippen LogP contribution in [0.25, 0.3) is 22.0 Å². The van der Waals surface area contributed by atoms with Crippen molar-refractivity contribution in [3.05, 3.63) is 88.3 Å². The maximum atomic E-state index is 6.26. The standard InChI is InChI=1S/C20H14Cl2N2/c21-17-7-3-6-16(20(17)22)11-19-23-12-18(24-19)15-9-8-13-4-1-2-5-14(13)10-15/h1-10,12H,11H2,(H,23,24). The molecule has 0 atom stereocenters. The van der Waals surface area contributed by atoms with Crippen molar-refractivity contribution in [1.29, 1.82) is 0 Å². The summed E-state index contributed by atoms with van der Waals surface area (Å²) in [5.41, 5.74) is 3.07. The molecule has 0 aliphatic carbocycles. The van der Waals surface area contributed by atoms with Crippen LogP contribution in [-0.2, 0) is 6.42 Å². The number of hydrogen-bond acceptors (Lipinski definition) is 1. The molecule has 4 aromatic rings. The first-order chi connectivity index (χ1) is 11.7. The topological polar surface area (TPSA) is 28.7 Å². The molecule has 4 rings (SSSR count). The van der Waals surface area contributed by atoms with Crippen LogP contribution in [0.4, 0.5) is 0 Å². The number of halogens is 2. The van der Waals surface area contributed by atoms with Crippen LogP contribution in [0.2, 0.25) is 10.0 Å². The Hall–Kier alpha value is -2.29. The van der Waals surface area contributed by atoms with E-state index in [1.807, 2.05) is 30.5 Å². The molecule has 0 fully saturated rings. The molecular weight excluding hydrogens is 339 g/mol. The molecule has 0 saturated heterocycles. The molecule has 1 N–H and O–H groups in total. The number of fused-ring (bicyclic) bond motifs is 1. The Morgan fingerprint density at radius 2 is 1.71 bits per heavy atom. The van der Waals surface area contributed by atoms with Crippen molar-refractivity contribution >= 4 is 34.0 Å². The van der Waals surface area contributed by atoms with Gasteiger partial charge in [-0.25, -0.2) is 4.98 Å². The van der Waals surface area contributed by atoms with E-state index in [0.717, 1.165) is 22.6 Å². The molecule has 3 aromatic carbocycles. The van der Waals surface area contributed by atoms with Crippen LogP contribution in [-0.4, -0.2) is 9.97 Å². The number of aromatic nitrogens is 2. The molecule has 1 heterocycles. The smallest absolute Gasteiger partial charge is 0.110 e. The quantitative estimate of drug-likeness (QED) is 0.472. The lowest BCUT2D eigenvalue weighted by Gasteiger charge is -2.04. The Labute approximate surface area is 150 Å². The van der Waals surface area contributed by atoms with Gasteiger partial charge in [-0.3, -0.25) is 0 Å². The van der Waals surface area contributed by atoms with Crippen molar-refractivity contribution < 1.29 is 0 Å². The summed E-state index contributed by atoms with van der Waals surface area (Å²) in [4.78, 5) is 7.86. The van der Waals surface area contributed by atoms with Gasteiger partial charge in [0.1, 0.15) is 5.82 Å². The van der Waals surface area contributed by atoms with Crippen LogP contribution in [0.1, 0.15) is 11.4 Å². The van der Waals surface area contributed by atoms with E-state index >= 15 is 0 Å². The third-order valence-corrected chi connectivity index (χ3v) is 4.94. The van der Waals surface area contributed by atoms with Crippen LogP contribution >= 0.6 is 23.2 Å². The summed E-state index contributed by atoms with van der Waals surface area (Å²) >= 11 is 12.3. The lowest BCUT2D eigenvalue weighted by atomic mass is 10.1. The zero-order valence-electron chi connectivity index (χ0n) is 12.8. The molecule has 1 aromatic heterocycles. The first-order valence-corrected chi connectivity index (χ1v) is 8.42. The van der Waals surface area contributed by atoms with Gasteiger partial charge in [0.05, 0.1) is 21.9 Å². The number of imidazole rings is 1. The molecule has 0 spiro atoms. The molecule has 2 nitrogen and oxygen atoms in total. The molecular formula is C20H14Cl2N2. The normalized spacial score (nSPS) is 11.1. The van der Waals surface area contributed by atoms with E-state index in [4.69, 9.17) is 23.2 Å². The average molecular weight is 353 g/mol. The zero-order valence-corrected chi connectivity index (χ0v) is 14.3. The van der Waals surface area contributed by atoms with Gasteiger partial charge in [-0.1, -0.05) is 71.7 Å². The molecule has 0 unspecified atom stereocenters. The van der Waals surface area contributed by atoms with Crippen molar-refractivity contribution in [3.8, 4) is 11.3 Å². The molecule has 118 valence electrons. The largest absolute Gasteiger partial charge is 0.342 e. The number of rotatable bonds is 3. The molecule has 0 aliphatic rings. The predicted molar refractivity (Wildman–Crippen MR) is 101 cm³/mol. The molecule has 24 heavy (non-hydrogen) atoms. The minimum Gasteiger partial charge on any atom is -0.342 e. The first kappa shape index (κ1) is 15.3. The fourth-order valence-corrected chi connectivity index (χ4v) is 3.21. The van der Waals surface area contributed by atoms with Gasteiger partial charge in [0.15, 0.2) is 0 Å². The Balaban J connectivity index is 1.65. The highest BCUT2D eigenvalue weighted by molar-refractivity contribution is 6.42. The first-order valence-electron chi connectivity index (χ1n) is 7.66. The van der Waals surface area contributed by atoms with Gasteiger partial charge in [0, 0.05) is 12.0 Å². The van der Waals surface area contributed by atoms with Gasteiger partial charge in [0.2, 0.25) is 0 Å². The number of H-pyrrole nitrogens is 1. The van der Waals surface area contributed by atoms with E-state index in [1.54, 1.807) is 6.07 Å². The SMILES string of the molecule is Clc1cccc(Cc2ncc(-c3ccc4ccccc4c3)[nH]2)c1Cl. The van der Waals surface area contributed by atoms with Gasteiger partial charge in [0.25, 0.3) is 0 Å². The molecule has 0 amide bonds. The molecule has 0 saturated carbocycles. The third-order valence-electron chi connectivity index (χ3n) is 4.08. The summed E-state index contributed by atoms with van der Waals surface area (Å²) in [5, 5.41) is 3.59. The Morgan fingerprint density at radius 1 is 0.875 bits per heavy atom. The van der Waals surface area contributed by atoms with E-state index in [-0.39, 0.29) is 0 Å². The van der Waals surface area contributed by atoms with Crippen LogP contribution in [0.5, 0.6) is 0 Å². The highest BCUT2D eigenvalue weighted by Gasteiger charge is 2.09. The second-order valence-electron chi connectivity index (χ2n) is 5.70. The number of aromatic amines is 1. The second kappa shape index (κ2) is 6.31. The van der Waals surface area contributed by atoms with Gasteiger partial charge in [-0.2, -0.15) is 0 Å². The second-order valence-corrected chi connectivity index (χ2v) is 6.48. The monoisotopic (exact) mass is 352 g/mol. The summed E-state index contributed by atoms with van der Waals surface area (Å²) in [6.45, 7) is 0. The van der Waals surface area contributed by atoms with Crippen molar-refractivity contribution in [2.75, 3.05) is 0 Å². The Bertz CT molecular complexity index is 1020. The number of nitrogens with zero attached hydrogens (tertiary/aromatic N) is 1. The van der Waals surface area contributed by atoms with E-state index in [9.17, 15) is 0 Å². The van der Waals surface area contributed by atoms with Crippen LogP contribution in [0, 0.1) is 0 Å². The van der Waals surface area contributed by atoms with Gasteiger partial charge in [-0.15, -0.1) is 0 Å². The fourth-order valence-electron chi connectivity index (χ4n) is 2.82. The maximum absolute atomic E-state index is 6.26. The number of hydrogen-bond donors (Lipinski definition) is 1. The highest BCUT2D eigenvalue weighted by Crippen LogP contribution is 2.28. The summed E-state index contributed by atoms with van der Waals surface area (Å²) in [7, 11) is 0. The number of nitrogens with one attached hydrogen (secondary N) is 1. The summed E-state index contributed by atoms with van der Waals surface area (Å²) < 4.78 is 0. The van der Waals surface area contributed by atoms with E-state index in [2.05, 4.69) is 40.3 Å². The van der Waals surface area contributed by atoms with Crippen LogP contribution < -0.4 is 0 Å². The molecule has 0 radical (unpaired) electrons. The van der Waals surface area contributed by atoms with Gasteiger partial charge < -0.3 is 4.98 Å². The van der Waals surface area contributed by atoms with E-state index in [1.165, 1.54) is 10.8 Å². The zero-order chi connectivity index (χ0) is 16.5. The summed E-state index contributed by atoms with van der Waals surface area (Å²) in [5.74, 6) is 0.863. The Kier molecular flexibility index (Phi) is 4.01. The number of benzene rings is 3. The van der Waals surface area contributed by atoms with E-state index < -0.39 is 0 Å². The minimum absolute atomic E-state index is 0.565. The molecule has 0 aliphatic heterocycles. The molecule has 4 heteroatoms. The van der Waals surface area contributed by atoms with Gasteiger partial charge in [-0.05, 0) is 28.5 Å². The van der Waals surface area contributed by atoms with Crippen molar-refractivity contribution in [2.24, 2.45) is 0 Å². The maximum Gasteiger partial charge on any atom is 0.110 e. The molecule has 0 bridgehead atoms. The van der Waals surface area contributed by atoms with Gasteiger partial charge >= 0.3 is 0 Å². The lowest BCUT2D eigenvalue weighted by Crippen LogP contribution is -1.92. The summed E-state index contributed by atoms with van der Waals surface area (Å²) in [6.07, 6.45) is 2.48. The van der Waals surface area contributed by atoms with Crippen molar-refractivity contribution in [2.45, 2.75) is 6.42 Å². The fraction of sp³-hybridized carbons (Fsp3) is 0.0500. The third kappa shape index (κ3) is 2.91. The average Bonchev–Trinajstić information content (AvgIpc) is 3.07. The Morgan fingerprint density at radius 3 is 2.58 bits per heavy atom. The lowest BCUT2D eigenvalue weighted by molar-refractivity contribution is 1.03. The van der Waals surface area contributed by atoms with Crippen molar-refractivity contribution in [1.82, 2.24) is 9.97 Å². The van der Waals surface area contributed by atoms with Crippen molar-refractivity contribution in [3.63, 3.8) is 0 Å². The van der Waals surface area contributed by atoms with Crippen LogP contribution in [0.15, 0.2) is 66.9 Å². The predicted octanol–water partition coefficient (Wildman–Crippen LogP) is 6.13. The summed E-state index contributed by atoms with van der Waals surface area (Å²) in [6, 6.07) is 20.4. The minimum atomic E-state index is 0.565. The van der Waals surface area contributed by atoms with E-state index in [0.29, 0.717) is 16.5 Å². The van der Waals surface area contributed by atoms with Crippen LogP contribution in [0.3, 0.4) is 0 Å². The highest BCUT2D eigenvalue weighted by atomic mass is 35.5.